The van der Waals surface area contributed by atoms with Gasteiger partial charge in [-0.15, -0.1) is 0 Å². The minimum Gasteiger partial charge on any atom is -0.480 e. The predicted molar refractivity (Wildman–Crippen MR) is 249 cm³/mol. The van der Waals surface area contributed by atoms with Crippen LogP contribution in [0.3, 0.4) is 0 Å². The number of hydrogen-bond acceptors (Lipinski definition) is 9. The molecular formula is C49H90NO10P. The molecule has 0 aliphatic heterocycles. The second kappa shape index (κ2) is 44.3. The molecule has 0 saturated heterocycles. The van der Waals surface area contributed by atoms with E-state index in [2.05, 4.69) is 54.8 Å². The molecule has 11 nitrogen and oxygen atoms in total. The second-order valence-corrected chi connectivity index (χ2v) is 18.0. The van der Waals surface area contributed by atoms with Crippen LogP contribution in [-0.4, -0.2) is 59.9 Å². The zero-order valence-corrected chi connectivity index (χ0v) is 39.7. The van der Waals surface area contributed by atoms with E-state index in [0.29, 0.717) is 12.8 Å². The van der Waals surface area contributed by atoms with Gasteiger partial charge in [0.2, 0.25) is 0 Å². The van der Waals surface area contributed by atoms with E-state index in [1.807, 2.05) is 0 Å². The first kappa shape index (κ1) is 58.7. The Hall–Kier alpha value is -2.30. The van der Waals surface area contributed by atoms with Crippen LogP contribution in [0.5, 0.6) is 0 Å². The summed E-state index contributed by atoms with van der Waals surface area (Å²) in [4.78, 5) is 46.1. The highest BCUT2D eigenvalue weighted by Crippen LogP contribution is 2.43. The van der Waals surface area contributed by atoms with Gasteiger partial charge in [0, 0.05) is 12.8 Å². The number of aliphatic carboxylic acids is 1. The Bertz CT molecular complexity index is 1180. The maximum absolute atomic E-state index is 12.7. The van der Waals surface area contributed by atoms with Gasteiger partial charge in [-0.3, -0.25) is 23.4 Å². The minimum absolute atomic E-state index is 0.152. The summed E-state index contributed by atoms with van der Waals surface area (Å²) in [6.45, 7) is 2.72. The number of phosphoric ester groups is 1. The Kier molecular flexibility index (Phi) is 42.6. The van der Waals surface area contributed by atoms with Crippen LogP contribution >= 0.6 is 7.82 Å². The molecule has 0 rings (SSSR count). The van der Waals surface area contributed by atoms with Crippen molar-refractivity contribution in [3.8, 4) is 0 Å². The first-order chi connectivity index (χ1) is 29.6. The molecule has 0 aromatic heterocycles. The van der Waals surface area contributed by atoms with Gasteiger partial charge in [-0.2, -0.15) is 0 Å². The average Bonchev–Trinajstić information content (AvgIpc) is 3.24. The van der Waals surface area contributed by atoms with Crippen molar-refractivity contribution in [1.29, 1.82) is 0 Å². The van der Waals surface area contributed by atoms with E-state index in [1.165, 1.54) is 109 Å². The van der Waals surface area contributed by atoms with Gasteiger partial charge in [0.15, 0.2) is 6.10 Å². The summed E-state index contributed by atoms with van der Waals surface area (Å²) in [5.74, 6) is -2.38. The molecule has 0 aliphatic rings. The Balaban J connectivity index is 4.25. The molecule has 0 heterocycles. The van der Waals surface area contributed by atoms with Crippen LogP contribution in [0.4, 0.5) is 0 Å². The van der Waals surface area contributed by atoms with Crippen molar-refractivity contribution in [2.45, 2.75) is 238 Å². The van der Waals surface area contributed by atoms with E-state index >= 15 is 0 Å². The Morgan fingerprint density at radius 1 is 0.525 bits per heavy atom. The highest BCUT2D eigenvalue weighted by molar-refractivity contribution is 7.47. The Labute approximate surface area is 372 Å². The normalized spacial score (nSPS) is 13.9. The smallest absolute Gasteiger partial charge is 0.472 e. The van der Waals surface area contributed by atoms with Crippen molar-refractivity contribution in [1.82, 2.24) is 0 Å². The summed E-state index contributed by atoms with van der Waals surface area (Å²) in [5.41, 5.74) is 5.35. The maximum atomic E-state index is 12.7. The molecular weight excluding hydrogens is 794 g/mol. The summed E-state index contributed by atoms with van der Waals surface area (Å²) in [5, 5.41) is 8.91. The third-order valence-corrected chi connectivity index (χ3v) is 11.6. The quantitative estimate of drug-likeness (QED) is 0.0230. The molecule has 0 saturated carbocycles. The molecule has 0 fully saturated rings. The first-order valence-corrected chi connectivity index (χ1v) is 26.0. The number of esters is 2. The molecule has 0 aliphatic carbocycles. The molecule has 12 heteroatoms. The third-order valence-electron chi connectivity index (χ3n) is 10.7. The lowest BCUT2D eigenvalue weighted by Crippen LogP contribution is -2.34. The monoisotopic (exact) mass is 884 g/mol. The number of hydrogen-bond donors (Lipinski definition) is 3. The van der Waals surface area contributed by atoms with E-state index in [9.17, 15) is 23.8 Å². The highest BCUT2D eigenvalue weighted by atomic mass is 31.2. The van der Waals surface area contributed by atoms with Crippen LogP contribution in [0.2, 0.25) is 0 Å². The van der Waals surface area contributed by atoms with Gasteiger partial charge in [-0.1, -0.05) is 204 Å². The van der Waals surface area contributed by atoms with E-state index in [-0.39, 0.29) is 19.4 Å². The lowest BCUT2D eigenvalue weighted by molar-refractivity contribution is -0.161. The lowest BCUT2D eigenvalue weighted by atomic mass is 10.0. The van der Waals surface area contributed by atoms with Crippen LogP contribution < -0.4 is 5.73 Å². The fraction of sp³-hybridized carbons (Fsp3) is 0.816. The van der Waals surface area contributed by atoms with E-state index in [4.69, 9.17) is 24.8 Å². The molecule has 0 amide bonds. The van der Waals surface area contributed by atoms with Crippen molar-refractivity contribution in [2.24, 2.45) is 5.73 Å². The fourth-order valence-electron chi connectivity index (χ4n) is 6.85. The van der Waals surface area contributed by atoms with E-state index in [1.54, 1.807) is 0 Å². The largest absolute Gasteiger partial charge is 0.480 e. The SMILES string of the molecule is CC/C=C\C/C=C\C/C=C\CCCCCCCCCC(=O)OC(COC(=O)CCCCCCCCCCCCCCCCCCCCCC)COP(=O)(O)OCC(N)C(=O)O. The van der Waals surface area contributed by atoms with Crippen molar-refractivity contribution in [3.63, 3.8) is 0 Å². The number of rotatable bonds is 46. The first-order valence-electron chi connectivity index (χ1n) is 24.5. The Morgan fingerprint density at radius 2 is 0.918 bits per heavy atom. The summed E-state index contributed by atoms with van der Waals surface area (Å²) >= 11 is 0. The van der Waals surface area contributed by atoms with Crippen LogP contribution in [-0.2, 0) is 37.5 Å². The molecule has 0 bridgehead atoms. The van der Waals surface area contributed by atoms with Crippen molar-refractivity contribution in [2.75, 3.05) is 19.8 Å². The van der Waals surface area contributed by atoms with Gasteiger partial charge in [0.1, 0.15) is 12.6 Å². The number of carbonyl (C=O) groups is 3. The van der Waals surface area contributed by atoms with Gasteiger partial charge in [0.05, 0.1) is 13.2 Å². The van der Waals surface area contributed by atoms with Crippen LogP contribution in [0.1, 0.15) is 226 Å². The number of allylic oxidation sites excluding steroid dienone is 6. The highest BCUT2D eigenvalue weighted by Gasteiger charge is 2.28. The van der Waals surface area contributed by atoms with Crippen LogP contribution in [0, 0.1) is 0 Å². The molecule has 61 heavy (non-hydrogen) atoms. The molecule has 0 aromatic carbocycles. The molecule has 3 unspecified atom stereocenters. The van der Waals surface area contributed by atoms with Crippen molar-refractivity contribution < 1.29 is 47.5 Å². The molecule has 4 N–H and O–H groups in total. The van der Waals surface area contributed by atoms with Gasteiger partial charge in [0.25, 0.3) is 0 Å². The van der Waals surface area contributed by atoms with Gasteiger partial charge < -0.3 is 25.2 Å². The van der Waals surface area contributed by atoms with Crippen molar-refractivity contribution in [3.05, 3.63) is 36.5 Å². The average molecular weight is 884 g/mol. The minimum atomic E-state index is -4.72. The van der Waals surface area contributed by atoms with E-state index in [0.717, 1.165) is 77.0 Å². The summed E-state index contributed by atoms with van der Waals surface area (Å²) < 4.78 is 32.8. The standard InChI is InChI=1S/C49H90NO10P/c1-3-5-7-9-11-13-15-17-19-21-22-23-25-26-28-30-32-34-36-38-40-47(51)57-42-45(43-58-61(55,56)59-44-46(50)49(53)54)60-48(52)41-39-37-35-33-31-29-27-24-20-18-16-14-12-10-8-6-4-2/h6,8,12,14,18,20,45-46H,3-5,7,9-11,13,15-17,19,21-44,50H2,1-2H3,(H,53,54)(H,55,56)/b8-6-,14-12-,20-18-. The second-order valence-electron chi connectivity index (χ2n) is 16.6. The molecule has 0 aromatic rings. The van der Waals surface area contributed by atoms with Crippen molar-refractivity contribution >= 4 is 25.7 Å². The van der Waals surface area contributed by atoms with Crippen LogP contribution in [0.15, 0.2) is 36.5 Å². The summed E-state index contributed by atoms with van der Waals surface area (Å²) in [7, 11) is -4.72. The maximum Gasteiger partial charge on any atom is 0.472 e. The van der Waals surface area contributed by atoms with Crippen LogP contribution in [0.25, 0.3) is 0 Å². The molecule has 3 atom stereocenters. The number of ether oxygens (including phenoxy) is 2. The summed E-state index contributed by atoms with van der Waals surface area (Å²) in [6.07, 6.45) is 49.2. The number of carbonyl (C=O) groups excluding carboxylic acids is 2. The predicted octanol–water partition coefficient (Wildman–Crippen LogP) is 13.6. The zero-order chi connectivity index (χ0) is 44.9. The van der Waals surface area contributed by atoms with Gasteiger partial charge >= 0.3 is 25.7 Å². The Morgan fingerprint density at radius 3 is 1.38 bits per heavy atom. The number of nitrogens with two attached hydrogens (primary N) is 1. The molecule has 0 spiro atoms. The lowest BCUT2D eigenvalue weighted by Gasteiger charge is -2.20. The molecule has 0 radical (unpaired) electrons. The van der Waals surface area contributed by atoms with Gasteiger partial charge in [-0.25, -0.2) is 4.57 Å². The zero-order valence-electron chi connectivity index (χ0n) is 38.8. The third kappa shape index (κ3) is 44.1. The number of carboxylic acid groups (broad SMARTS) is 1. The molecule has 356 valence electrons. The van der Waals surface area contributed by atoms with E-state index < -0.39 is 51.1 Å². The van der Waals surface area contributed by atoms with Gasteiger partial charge in [-0.05, 0) is 44.9 Å². The number of phosphoric acid groups is 1. The topological polar surface area (TPSA) is 172 Å². The number of carboxylic acids is 1. The fourth-order valence-corrected chi connectivity index (χ4v) is 7.62. The number of unbranched alkanes of at least 4 members (excludes halogenated alkanes) is 26. The summed E-state index contributed by atoms with van der Waals surface area (Å²) in [6, 6.07) is -1.52.